The first kappa shape index (κ1) is 53.3. The van der Waals surface area contributed by atoms with Gasteiger partial charge in [-0.2, -0.15) is 0 Å². The Bertz CT molecular complexity index is 2090. The van der Waals surface area contributed by atoms with Crippen LogP contribution in [0.1, 0.15) is 73.6 Å². The molecule has 0 bridgehead atoms. The maximum atomic E-state index is 11.5. The van der Waals surface area contributed by atoms with E-state index in [0.29, 0.717) is 58.1 Å². The molecule has 69 heavy (non-hydrogen) atoms. The number of aliphatic hydroxyl groups excluding tert-OH is 8. The lowest BCUT2D eigenvalue weighted by atomic mass is 9.96. The fourth-order valence-corrected chi connectivity index (χ4v) is 8.62. The van der Waals surface area contributed by atoms with E-state index in [9.17, 15) is 60.7 Å². The Hall–Kier alpha value is -5.02. The van der Waals surface area contributed by atoms with Crippen molar-refractivity contribution in [1.29, 1.82) is 0 Å². The Morgan fingerprint density at radius 3 is 1.26 bits per heavy atom. The van der Waals surface area contributed by atoms with E-state index in [2.05, 4.69) is 0 Å². The number of aliphatic hydroxyl groups is 8. The number of hydrogen-bond acceptors (Lipinski definition) is 15. The molecule has 0 saturated carbocycles. The number of carbonyl (C=O) groups is 2. The van der Waals surface area contributed by atoms with Crippen molar-refractivity contribution >= 4 is 11.9 Å². The van der Waals surface area contributed by atoms with E-state index < -0.39 is 86.6 Å². The minimum Gasteiger partial charge on any atom is -0.481 e. The minimum atomic E-state index is -1.60. The molecule has 2 aliphatic heterocycles. The summed E-state index contributed by atoms with van der Waals surface area (Å²) in [6, 6.07) is 25.3. The predicted octanol–water partition coefficient (Wildman–Crippen LogP) is 3.55. The molecule has 17 heteroatoms. The van der Waals surface area contributed by atoms with Crippen molar-refractivity contribution in [3.05, 3.63) is 107 Å². The molecular formula is C52H66O17. The molecule has 17 nitrogen and oxygen atoms in total. The van der Waals surface area contributed by atoms with Crippen LogP contribution in [0.25, 0.3) is 22.3 Å². The van der Waals surface area contributed by atoms with Gasteiger partial charge in [-0.15, -0.1) is 0 Å². The summed E-state index contributed by atoms with van der Waals surface area (Å²) in [7, 11) is 0. The largest absolute Gasteiger partial charge is 0.481 e. The second-order valence-corrected chi connectivity index (χ2v) is 17.8. The smallest absolute Gasteiger partial charge is 0.307 e. The standard InChI is InChI=1S/C52H66O17/c53-29-41-45(59)47(61)49(63)51(68-41)66-39-19-17-31(25-37(39)35-15-9-13-33(23-35)27-43(55)56)11-5-1-3-7-21-65-22-8-4-2-6-12-32-18-20-40(67-52-50(64)48(62)46(60)42(30-54)69-52)38(26-32)36-16-10-14-34(24-36)28-44(57)58/h9-10,13-20,23-26,41-42,45-54,59-64H,1-8,11-12,21-22,27-30H2,(H,55,56)(H,57,58)/t41-,42-,45-,46-,47+,48+,49+,50+,51-,52-/m1/s1. The molecule has 0 unspecified atom stereocenters. The Morgan fingerprint density at radius 1 is 0.464 bits per heavy atom. The lowest BCUT2D eigenvalue weighted by Crippen LogP contribution is -2.60. The molecule has 0 radical (unpaired) electrons. The summed E-state index contributed by atoms with van der Waals surface area (Å²) in [6.45, 7) is 0.133. The van der Waals surface area contributed by atoms with Crippen LogP contribution in [0.4, 0.5) is 0 Å². The van der Waals surface area contributed by atoms with E-state index >= 15 is 0 Å². The Balaban J connectivity index is 0.933. The molecule has 0 amide bonds. The summed E-state index contributed by atoms with van der Waals surface area (Å²) in [5.74, 6) is -1.31. The van der Waals surface area contributed by atoms with Gasteiger partial charge in [-0.25, -0.2) is 0 Å². The second kappa shape index (κ2) is 26.3. The van der Waals surface area contributed by atoms with Gasteiger partial charge >= 0.3 is 11.9 Å². The molecule has 0 aromatic heterocycles. The third kappa shape index (κ3) is 15.0. The monoisotopic (exact) mass is 962 g/mol. The molecular weight excluding hydrogens is 897 g/mol. The molecule has 6 rings (SSSR count). The van der Waals surface area contributed by atoms with Crippen LogP contribution in [0.2, 0.25) is 0 Å². The van der Waals surface area contributed by atoms with Gasteiger partial charge in [0.2, 0.25) is 12.6 Å². The van der Waals surface area contributed by atoms with Gasteiger partial charge < -0.3 is 74.7 Å². The third-order valence-electron chi connectivity index (χ3n) is 12.5. The first-order valence-electron chi connectivity index (χ1n) is 23.7. The van der Waals surface area contributed by atoms with Crippen LogP contribution < -0.4 is 9.47 Å². The number of aryl methyl sites for hydroxylation is 2. The molecule has 10 atom stereocenters. The van der Waals surface area contributed by atoms with E-state index in [1.165, 1.54) is 0 Å². The number of carboxylic acids is 2. The SMILES string of the molecule is O=C(O)Cc1cccc(-c2cc(CCCCCCOCCCCCCc3ccc(O[C@@H]4O[C@H](CO)[C@@H](O)[C@H](O)[C@@H]4O)c(-c4cccc(CC(=O)O)c4)c3)ccc2O[C@@H]2O[C@H](CO)[C@@H](O)[C@H](O)[C@@H]2O)c1. The van der Waals surface area contributed by atoms with E-state index in [1.807, 2.05) is 36.4 Å². The average Bonchev–Trinajstić information content (AvgIpc) is 3.33. The third-order valence-corrected chi connectivity index (χ3v) is 12.5. The highest BCUT2D eigenvalue weighted by Crippen LogP contribution is 2.37. The number of ether oxygens (including phenoxy) is 5. The zero-order chi connectivity index (χ0) is 49.5. The quantitative estimate of drug-likeness (QED) is 0.0403. The number of benzene rings is 4. The fourth-order valence-electron chi connectivity index (χ4n) is 8.62. The first-order chi connectivity index (χ1) is 33.3. The number of unbranched alkanes of at least 4 members (excludes halogenated alkanes) is 6. The van der Waals surface area contributed by atoms with Gasteiger partial charge in [-0.05, 0) is 96.2 Å². The highest BCUT2D eigenvalue weighted by Gasteiger charge is 2.46. The summed E-state index contributed by atoms with van der Waals surface area (Å²) in [5, 5.41) is 100. The molecule has 376 valence electrons. The average molecular weight is 963 g/mol. The lowest BCUT2D eigenvalue weighted by molar-refractivity contribution is -0.277. The van der Waals surface area contributed by atoms with Crippen molar-refractivity contribution in [3.8, 4) is 33.8 Å². The van der Waals surface area contributed by atoms with Gasteiger partial charge in [0.15, 0.2) is 0 Å². The summed E-state index contributed by atoms with van der Waals surface area (Å²) in [5.41, 5.74) is 5.87. The van der Waals surface area contributed by atoms with Crippen LogP contribution in [0.15, 0.2) is 84.9 Å². The van der Waals surface area contributed by atoms with Gasteiger partial charge in [-0.3, -0.25) is 9.59 Å². The van der Waals surface area contributed by atoms with Crippen LogP contribution in [0.3, 0.4) is 0 Å². The molecule has 2 aliphatic rings. The van der Waals surface area contributed by atoms with Crippen molar-refractivity contribution in [3.63, 3.8) is 0 Å². The van der Waals surface area contributed by atoms with E-state index in [4.69, 9.17) is 23.7 Å². The van der Waals surface area contributed by atoms with Crippen LogP contribution >= 0.6 is 0 Å². The van der Waals surface area contributed by atoms with Crippen LogP contribution in [-0.2, 0) is 49.5 Å². The predicted molar refractivity (Wildman–Crippen MR) is 250 cm³/mol. The second-order valence-electron chi connectivity index (χ2n) is 17.8. The molecule has 10 N–H and O–H groups in total. The maximum Gasteiger partial charge on any atom is 0.307 e. The van der Waals surface area contributed by atoms with Crippen molar-refractivity contribution in [1.82, 2.24) is 0 Å². The number of hydrogen-bond donors (Lipinski definition) is 10. The molecule has 4 aromatic carbocycles. The first-order valence-corrected chi connectivity index (χ1v) is 23.7. The maximum absolute atomic E-state index is 11.5. The number of carboxylic acid groups (broad SMARTS) is 2. The van der Waals surface area contributed by atoms with Crippen LogP contribution in [-0.4, -0.2) is 151 Å². The van der Waals surface area contributed by atoms with E-state index in [-0.39, 0.29) is 12.8 Å². The normalized spacial score (nSPS) is 24.8. The van der Waals surface area contributed by atoms with E-state index in [1.54, 1.807) is 48.5 Å². The fraction of sp³-hybridized carbons (Fsp3) is 0.500. The lowest BCUT2D eigenvalue weighted by Gasteiger charge is -2.39. The van der Waals surface area contributed by atoms with Crippen molar-refractivity contribution in [2.24, 2.45) is 0 Å². The summed E-state index contributed by atoms with van der Waals surface area (Å²) in [6.07, 6.45) is -5.70. The highest BCUT2D eigenvalue weighted by molar-refractivity contribution is 5.76. The van der Waals surface area contributed by atoms with Gasteiger partial charge in [0.25, 0.3) is 0 Å². The summed E-state index contributed by atoms with van der Waals surface area (Å²) >= 11 is 0. The van der Waals surface area contributed by atoms with Crippen molar-refractivity contribution < 1.29 is 84.3 Å². The number of rotatable bonds is 26. The van der Waals surface area contributed by atoms with Crippen LogP contribution in [0, 0.1) is 0 Å². The molecule has 0 spiro atoms. The zero-order valence-corrected chi connectivity index (χ0v) is 38.5. The van der Waals surface area contributed by atoms with Gasteiger partial charge in [-0.1, -0.05) is 86.3 Å². The van der Waals surface area contributed by atoms with Crippen molar-refractivity contribution in [2.75, 3.05) is 26.4 Å². The van der Waals surface area contributed by atoms with Gasteiger partial charge in [0, 0.05) is 24.3 Å². The molecule has 2 fully saturated rings. The molecule has 0 aliphatic carbocycles. The molecule has 2 heterocycles. The summed E-state index contributed by atoms with van der Waals surface area (Å²) < 4.78 is 29.2. The van der Waals surface area contributed by atoms with E-state index in [0.717, 1.165) is 75.3 Å². The van der Waals surface area contributed by atoms with Crippen LogP contribution in [0.5, 0.6) is 11.5 Å². The topological polar surface area (TPSA) is 283 Å². The Morgan fingerprint density at radius 2 is 0.870 bits per heavy atom. The van der Waals surface area contributed by atoms with Gasteiger partial charge in [0.05, 0.1) is 26.1 Å². The minimum absolute atomic E-state index is 0.170. The summed E-state index contributed by atoms with van der Waals surface area (Å²) in [4.78, 5) is 22.9. The molecule has 2 saturated heterocycles. The van der Waals surface area contributed by atoms with Crippen molar-refractivity contribution in [2.45, 2.75) is 138 Å². The van der Waals surface area contributed by atoms with Gasteiger partial charge in [0.1, 0.15) is 60.3 Å². The Labute approximate surface area is 401 Å². The zero-order valence-electron chi connectivity index (χ0n) is 38.5. The Kier molecular flexibility index (Phi) is 20.3. The highest BCUT2D eigenvalue weighted by atomic mass is 16.7. The number of aliphatic carboxylic acids is 2. The molecule has 4 aromatic rings.